The summed E-state index contributed by atoms with van der Waals surface area (Å²) in [7, 11) is 0. The van der Waals surface area contributed by atoms with Gasteiger partial charge in [-0.1, -0.05) is 18.5 Å². The van der Waals surface area contributed by atoms with E-state index in [0.29, 0.717) is 13.1 Å². The second kappa shape index (κ2) is 5.80. The van der Waals surface area contributed by atoms with E-state index in [1.54, 1.807) is 4.90 Å². The van der Waals surface area contributed by atoms with Crippen molar-refractivity contribution in [3.05, 3.63) is 27.0 Å². The molecule has 1 saturated heterocycles. The first-order valence-corrected chi connectivity index (χ1v) is 6.72. The van der Waals surface area contributed by atoms with Gasteiger partial charge < -0.3 is 15.5 Å². The Bertz CT molecular complexity index is 533. The molecule has 1 heterocycles. The van der Waals surface area contributed by atoms with Crippen LogP contribution in [0.4, 0.5) is 21.5 Å². The number of nitrogens with two attached hydrogens (primary N) is 1. The van der Waals surface area contributed by atoms with Crippen LogP contribution in [0.15, 0.2) is 6.07 Å². The van der Waals surface area contributed by atoms with Gasteiger partial charge in [0.25, 0.3) is 5.69 Å². The zero-order valence-electron chi connectivity index (χ0n) is 11.1. The highest BCUT2D eigenvalue weighted by atomic mass is 35.5. The molecular formula is C12H16ClFN4O2. The molecule has 0 radical (unpaired) electrons. The highest BCUT2D eigenvalue weighted by molar-refractivity contribution is 6.33. The van der Waals surface area contributed by atoms with E-state index in [4.69, 9.17) is 17.3 Å². The molecule has 0 amide bonds. The van der Waals surface area contributed by atoms with Crippen LogP contribution in [0.2, 0.25) is 5.02 Å². The van der Waals surface area contributed by atoms with Gasteiger partial charge in [0.15, 0.2) is 5.82 Å². The monoisotopic (exact) mass is 302 g/mol. The lowest BCUT2D eigenvalue weighted by Crippen LogP contribution is -2.46. The number of hydrogen-bond acceptors (Lipinski definition) is 5. The maximum atomic E-state index is 14.3. The lowest BCUT2D eigenvalue weighted by molar-refractivity contribution is -0.384. The first kappa shape index (κ1) is 14.8. The summed E-state index contributed by atoms with van der Waals surface area (Å²) in [5.74, 6) is -0.811. The van der Waals surface area contributed by atoms with E-state index in [-0.39, 0.29) is 10.7 Å². The van der Waals surface area contributed by atoms with Crippen molar-refractivity contribution in [2.75, 3.05) is 43.4 Å². The van der Waals surface area contributed by atoms with Crippen molar-refractivity contribution in [1.29, 1.82) is 0 Å². The molecule has 2 N–H and O–H groups in total. The van der Waals surface area contributed by atoms with E-state index >= 15 is 0 Å². The van der Waals surface area contributed by atoms with Gasteiger partial charge in [-0.2, -0.15) is 0 Å². The Hall–Kier alpha value is -1.60. The molecule has 1 aromatic carbocycles. The molecule has 0 aliphatic carbocycles. The van der Waals surface area contributed by atoms with Crippen LogP contribution in [0.3, 0.4) is 0 Å². The molecule has 1 fully saturated rings. The minimum absolute atomic E-state index is 0.0216. The Morgan fingerprint density at radius 3 is 2.55 bits per heavy atom. The fourth-order valence-electron chi connectivity index (χ4n) is 2.34. The van der Waals surface area contributed by atoms with Crippen LogP contribution in [-0.4, -0.2) is 42.5 Å². The summed E-state index contributed by atoms with van der Waals surface area (Å²) in [5.41, 5.74) is 4.70. The third-order valence-electron chi connectivity index (χ3n) is 3.54. The molecule has 2 rings (SSSR count). The molecule has 0 aromatic heterocycles. The van der Waals surface area contributed by atoms with Crippen molar-refractivity contribution in [1.82, 2.24) is 4.90 Å². The van der Waals surface area contributed by atoms with E-state index in [9.17, 15) is 14.5 Å². The molecular weight excluding hydrogens is 287 g/mol. The first-order chi connectivity index (χ1) is 9.45. The smallest absolute Gasteiger partial charge is 0.296 e. The molecule has 8 heteroatoms. The maximum absolute atomic E-state index is 14.3. The minimum Gasteiger partial charge on any atom is -0.391 e. The van der Waals surface area contributed by atoms with Gasteiger partial charge >= 0.3 is 0 Å². The van der Waals surface area contributed by atoms with E-state index in [1.165, 1.54) is 0 Å². The van der Waals surface area contributed by atoms with Crippen LogP contribution < -0.4 is 10.6 Å². The van der Waals surface area contributed by atoms with E-state index in [1.807, 2.05) is 0 Å². The van der Waals surface area contributed by atoms with Gasteiger partial charge in [0.05, 0.1) is 15.6 Å². The van der Waals surface area contributed by atoms with Crippen LogP contribution in [0, 0.1) is 15.9 Å². The standard InChI is InChI=1S/C12H16ClFN4O2/c1-2-16-3-5-17(6-4-16)12-8(13)7-9(18(19)20)11(15)10(12)14/h7H,2-6,15H2,1H3. The van der Waals surface area contributed by atoms with Crippen LogP contribution in [0.1, 0.15) is 6.92 Å². The molecule has 20 heavy (non-hydrogen) atoms. The lowest BCUT2D eigenvalue weighted by Gasteiger charge is -2.36. The van der Waals surface area contributed by atoms with Crippen molar-refractivity contribution in [3.8, 4) is 0 Å². The Morgan fingerprint density at radius 2 is 2.05 bits per heavy atom. The van der Waals surface area contributed by atoms with Gasteiger partial charge in [0, 0.05) is 32.2 Å². The summed E-state index contributed by atoms with van der Waals surface area (Å²) in [6.07, 6.45) is 0. The quantitative estimate of drug-likeness (QED) is 0.526. The highest BCUT2D eigenvalue weighted by Gasteiger charge is 2.27. The van der Waals surface area contributed by atoms with Crippen molar-refractivity contribution in [3.63, 3.8) is 0 Å². The highest BCUT2D eigenvalue weighted by Crippen LogP contribution is 2.38. The van der Waals surface area contributed by atoms with Crippen LogP contribution >= 0.6 is 11.6 Å². The Morgan fingerprint density at radius 1 is 1.45 bits per heavy atom. The topological polar surface area (TPSA) is 75.6 Å². The number of piperazine rings is 1. The normalized spacial score (nSPS) is 16.4. The maximum Gasteiger partial charge on any atom is 0.296 e. The summed E-state index contributed by atoms with van der Waals surface area (Å²) in [6, 6.07) is 1.11. The van der Waals surface area contributed by atoms with E-state index in [0.717, 1.165) is 25.7 Å². The van der Waals surface area contributed by atoms with Gasteiger partial charge in [-0.3, -0.25) is 10.1 Å². The van der Waals surface area contributed by atoms with E-state index in [2.05, 4.69) is 11.8 Å². The number of halogens is 2. The average Bonchev–Trinajstić information content (AvgIpc) is 2.43. The molecule has 0 unspecified atom stereocenters. The van der Waals surface area contributed by atoms with Gasteiger partial charge in [-0.25, -0.2) is 4.39 Å². The Kier molecular flexibility index (Phi) is 4.29. The summed E-state index contributed by atoms with van der Waals surface area (Å²) in [5, 5.41) is 10.8. The largest absolute Gasteiger partial charge is 0.391 e. The molecule has 6 nitrogen and oxygen atoms in total. The zero-order valence-corrected chi connectivity index (χ0v) is 11.9. The molecule has 1 aliphatic heterocycles. The van der Waals surface area contributed by atoms with Crippen molar-refractivity contribution < 1.29 is 9.31 Å². The van der Waals surface area contributed by atoms with Gasteiger partial charge in [0.2, 0.25) is 0 Å². The predicted molar refractivity (Wildman–Crippen MR) is 76.8 cm³/mol. The number of hydrogen-bond donors (Lipinski definition) is 1. The summed E-state index contributed by atoms with van der Waals surface area (Å²) in [4.78, 5) is 14.1. The van der Waals surface area contributed by atoms with E-state index < -0.39 is 22.1 Å². The number of nitro groups is 1. The van der Waals surface area contributed by atoms with Gasteiger partial charge in [0.1, 0.15) is 5.69 Å². The molecule has 1 aromatic rings. The van der Waals surface area contributed by atoms with Gasteiger partial charge in [-0.15, -0.1) is 0 Å². The predicted octanol–water partition coefficient (Wildman–Crippen LogP) is 2.11. The second-order valence-corrected chi connectivity index (χ2v) is 5.04. The van der Waals surface area contributed by atoms with Crippen molar-refractivity contribution in [2.24, 2.45) is 0 Å². The fourth-order valence-corrected chi connectivity index (χ4v) is 2.65. The first-order valence-electron chi connectivity index (χ1n) is 6.34. The fraction of sp³-hybridized carbons (Fsp3) is 0.500. The molecule has 0 saturated carbocycles. The minimum atomic E-state index is -0.811. The zero-order chi connectivity index (χ0) is 14.9. The second-order valence-electron chi connectivity index (χ2n) is 4.63. The summed E-state index contributed by atoms with van der Waals surface area (Å²) in [6.45, 7) is 5.81. The van der Waals surface area contributed by atoms with Crippen LogP contribution in [0.25, 0.3) is 0 Å². The molecule has 0 atom stereocenters. The van der Waals surface area contributed by atoms with Crippen molar-refractivity contribution >= 4 is 28.7 Å². The lowest BCUT2D eigenvalue weighted by atomic mass is 10.2. The van der Waals surface area contributed by atoms with Gasteiger partial charge in [-0.05, 0) is 6.54 Å². The number of anilines is 2. The third-order valence-corrected chi connectivity index (χ3v) is 3.83. The SMILES string of the molecule is CCN1CCN(c2c(Cl)cc([N+](=O)[O-])c(N)c2F)CC1. The summed E-state index contributed by atoms with van der Waals surface area (Å²) >= 11 is 6.00. The van der Waals surface area contributed by atoms with Crippen LogP contribution in [0.5, 0.6) is 0 Å². The number of nitrogen functional groups attached to an aromatic ring is 1. The Labute approximate surface area is 121 Å². The molecule has 0 bridgehead atoms. The summed E-state index contributed by atoms with van der Waals surface area (Å²) < 4.78 is 14.3. The number of benzene rings is 1. The van der Waals surface area contributed by atoms with Crippen LogP contribution in [-0.2, 0) is 0 Å². The average molecular weight is 303 g/mol. The Balaban J connectivity index is 2.34. The molecule has 1 aliphatic rings. The third kappa shape index (κ3) is 2.64. The number of rotatable bonds is 3. The molecule has 0 spiro atoms. The molecule has 110 valence electrons. The number of likely N-dealkylation sites (N-methyl/N-ethyl adjacent to an activating group) is 1. The number of nitro benzene ring substituents is 1. The number of nitrogens with zero attached hydrogens (tertiary/aromatic N) is 3. The van der Waals surface area contributed by atoms with Crippen molar-refractivity contribution in [2.45, 2.75) is 6.92 Å².